The molecule has 0 aliphatic heterocycles. The zero-order valence-corrected chi connectivity index (χ0v) is 22.6. The fourth-order valence-corrected chi connectivity index (χ4v) is 7.62. The van der Waals surface area contributed by atoms with E-state index in [1.54, 1.807) is 29.8 Å². The molecule has 2 aliphatic rings. The van der Waals surface area contributed by atoms with Crippen LogP contribution in [-0.2, 0) is 16.6 Å². The number of halogens is 1. The molecule has 8 heteroatoms. The number of hydrogen-bond acceptors (Lipinski definition) is 6. The summed E-state index contributed by atoms with van der Waals surface area (Å²) in [7, 11) is 0. The maximum absolute atomic E-state index is 12.6. The van der Waals surface area contributed by atoms with Crippen molar-refractivity contribution >= 4 is 44.8 Å². The molecule has 4 aromatic rings. The van der Waals surface area contributed by atoms with Crippen molar-refractivity contribution in [2.75, 3.05) is 11.9 Å². The molecule has 2 aromatic carbocycles. The minimum Gasteiger partial charge on any atom is -0.480 e. The molecule has 1 atom stereocenters. The van der Waals surface area contributed by atoms with E-state index in [4.69, 9.17) is 16.3 Å². The zero-order chi connectivity index (χ0) is 26.2. The lowest BCUT2D eigenvalue weighted by molar-refractivity contribution is -0.144. The summed E-state index contributed by atoms with van der Waals surface area (Å²) < 4.78 is 7.08. The van der Waals surface area contributed by atoms with Gasteiger partial charge in [-0.3, -0.25) is 0 Å². The SMILES string of the molecule is O=C(O)C1(Nc2cccc(Cl)c2)CCC2(CC1)c1ccccc1CC2CCCOc1ncnc2ccsc12. The number of aliphatic carboxylic acids is 1. The Morgan fingerprint density at radius 2 is 1.95 bits per heavy atom. The largest absolute Gasteiger partial charge is 0.480 e. The Labute approximate surface area is 231 Å². The van der Waals surface area contributed by atoms with Crippen molar-refractivity contribution in [2.45, 2.75) is 55.9 Å². The van der Waals surface area contributed by atoms with Crippen LogP contribution < -0.4 is 10.1 Å². The van der Waals surface area contributed by atoms with Gasteiger partial charge >= 0.3 is 5.97 Å². The van der Waals surface area contributed by atoms with Crippen LogP contribution in [0.4, 0.5) is 5.69 Å². The molecule has 2 N–H and O–H groups in total. The van der Waals surface area contributed by atoms with Gasteiger partial charge < -0.3 is 15.2 Å². The molecular weight excluding hydrogens is 518 g/mol. The Bertz CT molecular complexity index is 1460. The lowest BCUT2D eigenvalue weighted by atomic mass is 9.60. The average molecular weight is 548 g/mol. The number of thiophene rings is 1. The van der Waals surface area contributed by atoms with Crippen LogP contribution in [0, 0.1) is 5.92 Å². The second kappa shape index (κ2) is 10.2. The fraction of sp³-hybridized carbons (Fsp3) is 0.367. The van der Waals surface area contributed by atoms with Crippen molar-refractivity contribution in [3.05, 3.63) is 82.5 Å². The summed E-state index contributed by atoms with van der Waals surface area (Å²) in [6.07, 6.45) is 7.31. The predicted molar refractivity (Wildman–Crippen MR) is 151 cm³/mol. The van der Waals surface area contributed by atoms with E-state index in [0.29, 0.717) is 36.3 Å². The molecule has 2 aliphatic carbocycles. The summed E-state index contributed by atoms with van der Waals surface area (Å²) >= 11 is 7.78. The van der Waals surface area contributed by atoms with Gasteiger partial charge in [0.25, 0.3) is 0 Å². The fourth-order valence-electron chi connectivity index (χ4n) is 6.65. The number of nitrogens with zero attached hydrogens (tertiary/aromatic N) is 2. The quantitative estimate of drug-likeness (QED) is 0.228. The van der Waals surface area contributed by atoms with Crippen LogP contribution in [0.25, 0.3) is 10.2 Å². The molecule has 0 saturated heterocycles. The highest BCUT2D eigenvalue weighted by Crippen LogP contribution is 2.55. The number of nitrogens with one attached hydrogen (secondary N) is 1. The first-order chi connectivity index (χ1) is 18.5. The number of benzene rings is 2. The first-order valence-corrected chi connectivity index (χ1v) is 14.4. The Balaban J connectivity index is 1.18. The molecule has 1 unspecified atom stereocenters. The van der Waals surface area contributed by atoms with Crippen LogP contribution in [0.15, 0.2) is 66.3 Å². The van der Waals surface area contributed by atoms with Gasteiger partial charge in [0, 0.05) is 10.7 Å². The molecular formula is C30H30ClN3O3S. The molecule has 6 rings (SSSR count). The van der Waals surface area contributed by atoms with Crippen molar-refractivity contribution in [2.24, 2.45) is 5.92 Å². The number of fused-ring (bicyclic) bond motifs is 3. The van der Waals surface area contributed by atoms with E-state index >= 15 is 0 Å². The van der Waals surface area contributed by atoms with Gasteiger partial charge in [-0.15, -0.1) is 11.3 Å². The lowest BCUT2D eigenvalue weighted by Crippen LogP contribution is -2.53. The van der Waals surface area contributed by atoms with E-state index in [0.717, 1.165) is 48.0 Å². The van der Waals surface area contributed by atoms with Gasteiger partial charge in [0.05, 0.1) is 12.1 Å². The Kier molecular flexibility index (Phi) is 6.74. The highest BCUT2D eigenvalue weighted by atomic mass is 35.5. The van der Waals surface area contributed by atoms with Gasteiger partial charge in [0.2, 0.25) is 5.88 Å². The average Bonchev–Trinajstić information content (AvgIpc) is 3.52. The maximum Gasteiger partial charge on any atom is 0.329 e. The summed E-state index contributed by atoms with van der Waals surface area (Å²) in [4.78, 5) is 21.2. The molecule has 0 radical (unpaired) electrons. The third-order valence-corrected chi connectivity index (χ3v) is 9.69. The van der Waals surface area contributed by atoms with Crippen molar-refractivity contribution < 1.29 is 14.6 Å². The lowest BCUT2D eigenvalue weighted by Gasteiger charge is -2.47. The minimum absolute atomic E-state index is 0.0124. The van der Waals surface area contributed by atoms with Gasteiger partial charge in [0.1, 0.15) is 16.6 Å². The normalized spacial score (nSPS) is 24.4. The van der Waals surface area contributed by atoms with Crippen molar-refractivity contribution in [1.82, 2.24) is 9.97 Å². The number of rotatable bonds is 8. The number of aromatic nitrogens is 2. The number of carbonyl (C=O) groups is 1. The van der Waals surface area contributed by atoms with E-state index in [2.05, 4.69) is 39.6 Å². The van der Waals surface area contributed by atoms with Crippen LogP contribution in [0.3, 0.4) is 0 Å². The van der Waals surface area contributed by atoms with Gasteiger partial charge in [-0.1, -0.05) is 41.9 Å². The van der Waals surface area contributed by atoms with Crippen molar-refractivity contribution in [3.63, 3.8) is 0 Å². The van der Waals surface area contributed by atoms with Crippen molar-refractivity contribution in [1.29, 1.82) is 0 Å². The minimum atomic E-state index is -1.000. The first-order valence-electron chi connectivity index (χ1n) is 13.2. The summed E-state index contributed by atoms with van der Waals surface area (Å²) in [6, 6.07) is 18.1. The zero-order valence-electron chi connectivity index (χ0n) is 21.0. The Hall–Kier alpha value is -3.16. The number of hydrogen-bond donors (Lipinski definition) is 2. The molecule has 0 bridgehead atoms. The molecule has 2 aromatic heterocycles. The Morgan fingerprint density at radius 3 is 2.76 bits per heavy atom. The Morgan fingerprint density at radius 1 is 1.11 bits per heavy atom. The van der Waals surface area contributed by atoms with Gasteiger partial charge in [-0.05, 0) is 97.1 Å². The molecule has 1 fully saturated rings. The number of carboxylic acid groups (broad SMARTS) is 1. The number of anilines is 1. The van der Waals surface area contributed by atoms with E-state index < -0.39 is 11.5 Å². The molecule has 1 saturated carbocycles. The monoisotopic (exact) mass is 547 g/mol. The van der Waals surface area contributed by atoms with Crippen LogP contribution in [-0.4, -0.2) is 33.2 Å². The van der Waals surface area contributed by atoms with Crippen LogP contribution in [0.1, 0.15) is 49.7 Å². The summed E-state index contributed by atoms with van der Waals surface area (Å²) in [6.45, 7) is 0.600. The molecule has 2 heterocycles. The van der Waals surface area contributed by atoms with E-state index in [1.807, 2.05) is 23.6 Å². The van der Waals surface area contributed by atoms with Crippen LogP contribution >= 0.6 is 22.9 Å². The number of ether oxygens (including phenoxy) is 1. The maximum atomic E-state index is 12.6. The smallest absolute Gasteiger partial charge is 0.329 e. The van der Waals surface area contributed by atoms with Gasteiger partial charge in [-0.2, -0.15) is 0 Å². The van der Waals surface area contributed by atoms with Crippen LogP contribution in [0.2, 0.25) is 5.02 Å². The molecule has 1 spiro atoms. The highest BCUT2D eigenvalue weighted by Gasteiger charge is 2.53. The first kappa shape index (κ1) is 25.1. The van der Waals surface area contributed by atoms with Crippen LogP contribution in [0.5, 0.6) is 5.88 Å². The van der Waals surface area contributed by atoms with Gasteiger partial charge in [-0.25, -0.2) is 14.8 Å². The second-order valence-corrected chi connectivity index (χ2v) is 11.9. The number of carboxylic acids is 1. The van der Waals surface area contributed by atoms with Gasteiger partial charge in [0.15, 0.2) is 0 Å². The second-order valence-electron chi connectivity index (χ2n) is 10.5. The topological polar surface area (TPSA) is 84.3 Å². The molecule has 6 nitrogen and oxygen atoms in total. The molecule has 38 heavy (non-hydrogen) atoms. The van der Waals surface area contributed by atoms with E-state index in [-0.39, 0.29) is 5.41 Å². The summed E-state index contributed by atoms with van der Waals surface area (Å²) in [5, 5.41) is 16.3. The summed E-state index contributed by atoms with van der Waals surface area (Å²) in [5.74, 6) is 0.312. The highest BCUT2D eigenvalue weighted by molar-refractivity contribution is 7.17. The third kappa shape index (κ3) is 4.52. The van der Waals surface area contributed by atoms with E-state index in [9.17, 15) is 9.90 Å². The van der Waals surface area contributed by atoms with E-state index in [1.165, 1.54) is 11.1 Å². The standard InChI is InChI=1S/C30H30ClN3O3S/c31-22-7-3-8-23(18-22)34-30(28(35)36)13-11-29(12-14-30)21(17-20-5-1-2-9-24(20)29)6-4-15-37-27-26-25(10-16-38-26)32-19-33-27/h1-3,5,7-10,16,18-19,21,34H,4,6,11-15,17H2,(H,35,36). The molecule has 196 valence electrons. The van der Waals surface area contributed by atoms with Crippen molar-refractivity contribution in [3.8, 4) is 5.88 Å². The summed E-state index contributed by atoms with van der Waals surface area (Å²) in [5.41, 5.74) is 3.47. The third-order valence-electron chi connectivity index (χ3n) is 8.56. The molecule has 0 amide bonds. The predicted octanol–water partition coefficient (Wildman–Crippen LogP) is 7.12.